The van der Waals surface area contributed by atoms with Gasteiger partial charge in [0.1, 0.15) is 6.67 Å². The van der Waals surface area contributed by atoms with Crippen LogP contribution in [0.5, 0.6) is 0 Å². The summed E-state index contributed by atoms with van der Waals surface area (Å²) in [4.78, 5) is 0. The molecule has 0 aliphatic rings. The van der Waals surface area contributed by atoms with Crippen LogP contribution in [-0.2, 0) is 4.74 Å². The van der Waals surface area contributed by atoms with Crippen LogP contribution in [0.25, 0.3) is 0 Å². The molecule has 0 heterocycles. The van der Waals surface area contributed by atoms with E-state index in [2.05, 4.69) is 4.74 Å². The molecule has 1 atom stereocenters. The van der Waals surface area contributed by atoms with Gasteiger partial charge in [-0.25, -0.2) is 13.2 Å². The van der Waals surface area contributed by atoms with Gasteiger partial charge in [0.25, 0.3) is 0 Å². The Morgan fingerprint density at radius 2 is 2.00 bits per heavy atom. The summed E-state index contributed by atoms with van der Waals surface area (Å²) in [7, 11) is 0. The second-order valence-corrected chi connectivity index (χ2v) is 1.86. The minimum atomic E-state index is -2.48. The van der Waals surface area contributed by atoms with E-state index >= 15 is 0 Å². The second kappa shape index (κ2) is 5.53. The lowest BCUT2D eigenvalue weighted by atomic mass is 10.3. The molecule has 0 radical (unpaired) electrons. The molecule has 0 rings (SSSR count). The predicted molar refractivity (Wildman–Crippen MR) is 32.0 cm³/mol. The number of alkyl halides is 3. The van der Waals surface area contributed by atoms with E-state index in [1.165, 1.54) is 0 Å². The maximum Gasteiger partial charge on any atom is 0.241 e. The van der Waals surface area contributed by atoms with Crippen LogP contribution in [0, 0.1) is 0 Å². The van der Waals surface area contributed by atoms with E-state index in [1.807, 2.05) is 0 Å². The van der Waals surface area contributed by atoms with E-state index in [4.69, 9.17) is 0 Å². The van der Waals surface area contributed by atoms with Crippen molar-refractivity contribution in [3.8, 4) is 0 Å². The first-order chi connectivity index (χ1) is 4.70. The minimum Gasteiger partial charge on any atom is -0.376 e. The topological polar surface area (TPSA) is 9.23 Å². The molecule has 0 saturated carbocycles. The SMILES string of the molecule is CCOC(CF)CC(F)F. The number of rotatable bonds is 5. The molecule has 1 unspecified atom stereocenters. The Kier molecular flexibility index (Phi) is 5.39. The van der Waals surface area contributed by atoms with Crippen LogP contribution in [0.4, 0.5) is 13.2 Å². The Morgan fingerprint density at radius 3 is 2.30 bits per heavy atom. The Bertz CT molecular complexity index is 77.4. The van der Waals surface area contributed by atoms with Crippen LogP contribution >= 0.6 is 0 Å². The van der Waals surface area contributed by atoms with Crippen molar-refractivity contribution >= 4 is 0 Å². The minimum absolute atomic E-state index is 0.279. The van der Waals surface area contributed by atoms with Gasteiger partial charge in [0.05, 0.1) is 6.10 Å². The van der Waals surface area contributed by atoms with Crippen molar-refractivity contribution in [3.63, 3.8) is 0 Å². The molecule has 10 heavy (non-hydrogen) atoms. The van der Waals surface area contributed by atoms with Gasteiger partial charge in [-0.3, -0.25) is 0 Å². The molecule has 0 spiro atoms. The molecule has 62 valence electrons. The molecule has 0 aromatic rings. The third-order valence-corrected chi connectivity index (χ3v) is 1.02. The largest absolute Gasteiger partial charge is 0.376 e. The van der Waals surface area contributed by atoms with E-state index in [0.29, 0.717) is 0 Å². The number of halogens is 3. The smallest absolute Gasteiger partial charge is 0.241 e. The Hall–Kier alpha value is -0.250. The highest BCUT2D eigenvalue weighted by atomic mass is 19.3. The van der Waals surface area contributed by atoms with Crippen LogP contribution in [0.15, 0.2) is 0 Å². The fourth-order valence-electron chi connectivity index (χ4n) is 0.610. The van der Waals surface area contributed by atoms with Crippen LogP contribution in [0.3, 0.4) is 0 Å². The monoisotopic (exact) mass is 156 g/mol. The molecule has 0 aliphatic heterocycles. The number of hydrogen-bond acceptors (Lipinski definition) is 1. The molecule has 4 heteroatoms. The molecule has 0 aromatic carbocycles. The summed E-state index contributed by atoms with van der Waals surface area (Å²) in [6.07, 6.45) is -3.91. The summed E-state index contributed by atoms with van der Waals surface area (Å²) in [5.41, 5.74) is 0. The predicted octanol–water partition coefficient (Wildman–Crippen LogP) is 2.02. The third-order valence-electron chi connectivity index (χ3n) is 1.02. The lowest BCUT2D eigenvalue weighted by Crippen LogP contribution is -2.18. The van der Waals surface area contributed by atoms with Crippen LogP contribution in [0.1, 0.15) is 13.3 Å². The first kappa shape index (κ1) is 9.75. The quantitative estimate of drug-likeness (QED) is 0.591. The fraction of sp³-hybridized carbons (Fsp3) is 1.00. The summed E-state index contributed by atoms with van der Waals surface area (Å²) in [6, 6.07) is 0. The Balaban J connectivity index is 3.39. The van der Waals surface area contributed by atoms with Gasteiger partial charge in [-0.1, -0.05) is 0 Å². The Labute approximate surface area is 58.2 Å². The maximum atomic E-state index is 11.7. The lowest BCUT2D eigenvalue weighted by Gasteiger charge is -2.11. The third kappa shape index (κ3) is 4.61. The average molecular weight is 156 g/mol. The van der Waals surface area contributed by atoms with Gasteiger partial charge in [0.2, 0.25) is 6.43 Å². The fourth-order valence-corrected chi connectivity index (χ4v) is 0.610. The molecule has 0 bridgehead atoms. The zero-order valence-corrected chi connectivity index (χ0v) is 5.82. The van der Waals surface area contributed by atoms with E-state index in [-0.39, 0.29) is 6.61 Å². The molecule has 0 aromatic heterocycles. The van der Waals surface area contributed by atoms with Gasteiger partial charge >= 0.3 is 0 Å². The molecular formula is C6H11F3O. The summed E-state index contributed by atoms with van der Waals surface area (Å²) in [5, 5.41) is 0. The number of hydrogen-bond donors (Lipinski definition) is 0. The first-order valence-electron chi connectivity index (χ1n) is 3.16. The van der Waals surface area contributed by atoms with Crippen LogP contribution in [-0.4, -0.2) is 25.8 Å². The maximum absolute atomic E-state index is 11.7. The zero-order chi connectivity index (χ0) is 7.98. The van der Waals surface area contributed by atoms with Crippen molar-refractivity contribution in [2.24, 2.45) is 0 Å². The van der Waals surface area contributed by atoms with Gasteiger partial charge in [0, 0.05) is 13.0 Å². The van der Waals surface area contributed by atoms with Gasteiger partial charge in [0.15, 0.2) is 0 Å². The Morgan fingerprint density at radius 1 is 1.40 bits per heavy atom. The lowest BCUT2D eigenvalue weighted by molar-refractivity contribution is -0.00317. The van der Waals surface area contributed by atoms with Crippen molar-refractivity contribution in [2.75, 3.05) is 13.3 Å². The molecule has 0 N–H and O–H groups in total. The van der Waals surface area contributed by atoms with E-state index in [9.17, 15) is 13.2 Å². The standard InChI is InChI=1S/C6H11F3O/c1-2-10-5(4-7)3-6(8)9/h5-6H,2-4H2,1H3. The van der Waals surface area contributed by atoms with Gasteiger partial charge in [-0.2, -0.15) is 0 Å². The first-order valence-corrected chi connectivity index (χ1v) is 3.16. The van der Waals surface area contributed by atoms with Crippen molar-refractivity contribution in [1.29, 1.82) is 0 Å². The molecule has 0 amide bonds. The van der Waals surface area contributed by atoms with Crippen LogP contribution < -0.4 is 0 Å². The molecule has 1 nitrogen and oxygen atoms in total. The number of ether oxygens (including phenoxy) is 1. The van der Waals surface area contributed by atoms with Crippen molar-refractivity contribution < 1.29 is 17.9 Å². The van der Waals surface area contributed by atoms with Crippen molar-refractivity contribution in [3.05, 3.63) is 0 Å². The van der Waals surface area contributed by atoms with E-state index in [0.717, 1.165) is 0 Å². The highest BCUT2D eigenvalue weighted by molar-refractivity contribution is 4.56. The summed E-state index contributed by atoms with van der Waals surface area (Å²) in [5.74, 6) is 0. The van der Waals surface area contributed by atoms with Gasteiger partial charge in [-0.05, 0) is 6.92 Å². The molecule has 0 aliphatic carbocycles. The van der Waals surface area contributed by atoms with E-state index < -0.39 is 25.6 Å². The highest BCUT2D eigenvalue weighted by Crippen LogP contribution is 2.07. The van der Waals surface area contributed by atoms with Gasteiger partial charge in [-0.15, -0.1) is 0 Å². The van der Waals surface area contributed by atoms with Gasteiger partial charge < -0.3 is 4.74 Å². The zero-order valence-electron chi connectivity index (χ0n) is 5.82. The molecule has 0 fully saturated rings. The highest BCUT2D eigenvalue weighted by Gasteiger charge is 2.14. The van der Waals surface area contributed by atoms with Crippen molar-refractivity contribution in [2.45, 2.75) is 25.9 Å². The summed E-state index contributed by atoms with van der Waals surface area (Å²) < 4.78 is 39.5. The average Bonchev–Trinajstić information content (AvgIpc) is 1.86. The molecule has 0 saturated heterocycles. The van der Waals surface area contributed by atoms with E-state index in [1.54, 1.807) is 6.92 Å². The second-order valence-electron chi connectivity index (χ2n) is 1.86. The van der Waals surface area contributed by atoms with Crippen LogP contribution in [0.2, 0.25) is 0 Å². The summed E-state index contributed by atoms with van der Waals surface area (Å²) in [6.45, 7) is 1.09. The summed E-state index contributed by atoms with van der Waals surface area (Å²) >= 11 is 0. The normalized spacial score (nSPS) is 14.1. The van der Waals surface area contributed by atoms with Crippen molar-refractivity contribution in [1.82, 2.24) is 0 Å². The molecular weight excluding hydrogens is 145 g/mol.